The Balaban J connectivity index is 1.31. The van der Waals surface area contributed by atoms with Gasteiger partial charge in [0, 0.05) is 41.9 Å². The van der Waals surface area contributed by atoms with Gasteiger partial charge in [-0.15, -0.1) is 11.3 Å². The van der Waals surface area contributed by atoms with E-state index in [1.54, 1.807) is 0 Å². The van der Waals surface area contributed by atoms with Crippen molar-refractivity contribution in [2.24, 2.45) is 0 Å². The molecule has 11 aromatic rings. The van der Waals surface area contributed by atoms with E-state index in [4.69, 9.17) is 8.83 Å². The predicted molar refractivity (Wildman–Crippen MR) is 208 cm³/mol. The van der Waals surface area contributed by atoms with Crippen molar-refractivity contribution in [2.45, 2.75) is 0 Å². The van der Waals surface area contributed by atoms with E-state index < -0.39 is 0 Å². The molecule has 0 aliphatic heterocycles. The Bertz CT molecular complexity index is 3050. The summed E-state index contributed by atoms with van der Waals surface area (Å²) >= 11 is 1.87. The minimum absolute atomic E-state index is 0.773. The standard InChI is InChI=1S/C46H26O2S/c1-2-13-27(14-3-1)39-26-37-35(25-36-28-15-8-10-22-38(28)47-45(36)46(37)48-39)43-31-18-6-4-16-29(31)42(30-17-5-7-19-32(30)43)34-21-12-24-41-44(34)33-20-9-11-23-40(33)49-41/h1-26H. The molecule has 0 aliphatic rings. The van der Waals surface area contributed by atoms with Gasteiger partial charge in [0.15, 0.2) is 11.2 Å². The van der Waals surface area contributed by atoms with Gasteiger partial charge in [-0.25, -0.2) is 0 Å². The van der Waals surface area contributed by atoms with Crippen LogP contribution in [0.15, 0.2) is 167 Å². The SMILES string of the molecule is c1ccc(-c2cc3c(-c4c5ccccc5c(-c5cccc6sc7ccccc7c56)c5ccccc45)cc4c5ccccc5oc4c3o2)cc1. The molecule has 0 unspecified atom stereocenters. The van der Waals surface area contributed by atoms with Gasteiger partial charge in [-0.1, -0.05) is 127 Å². The fourth-order valence-electron chi connectivity index (χ4n) is 8.00. The van der Waals surface area contributed by atoms with Crippen LogP contribution >= 0.6 is 11.3 Å². The third-order valence-corrected chi connectivity index (χ3v) is 11.2. The lowest BCUT2D eigenvalue weighted by Crippen LogP contribution is -1.91. The molecule has 0 atom stereocenters. The largest absolute Gasteiger partial charge is 0.452 e. The van der Waals surface area contributed by atoms with Crippen LogP contribution in [0.5, 0.6) is 0 Å². The summed E-state index contributed by atoms with van der Waals surface area (Å²) in [6.45, 7) is 0. The van der Waals surface area contributed by atoms with Crippen molar-refractivity contribution < 1.29 is 8.83 Å². The van der Waals surface area contributed by atoms with Crippen molar-refractivity contribution >= 4 is 86.0 Å². The highest BCUT2D eigenvalue weighted by atomic mass is 32.1. The molecule has 8 aromatic carbocycles. The second kappa shape index (κ2) is 10.2. The van der Waals surface area contributed by atoms with Crippen molar-refractivity contribution in [3.8, 4) is 33.6 Å². The average molecular weight is 643 g/mol. The first-order chi connectivity index (χ1) is 24.3. The molecule has 0 radical (unpaired) electrons. The van der Waals surface area contributed by atoms with Gasteiger partial charge < -0.3 is 8.83 Å². The van der Waals surface area contributed by atoms with Crippen molar-refractivity contribution in [2.75, 3.05) is 0 Å². The quantitative estimate of drug-likeness (QED) is 0.179. The molecule has 0 N–H and O–H groups in total. The lowest BCUT2D eigenvalue weighted by Gasteiger charge is -2.19. The van der Waals surface area contributed by atoms with Gasteiger partial charge in [0.1, 0.15) is 11.3 Å². The zero-order chi connectivity index (χ0) is 32.1. The number of furan rings is 2. The molecule has 49 heavy (non-hydrogen) atoms. The van der Waals surface area contributed by atoms with Gasteiger partial charge in [-0.05, 0) is 74.1 Å². The van der Waals surface area contributed by atoms with Crippen LogP contribution in [0, 0.1) is 0 Å². The molecule has 0 spiro atoms. The van der Waals surface area contributed by atoms with E-state index in [0.29, 0.717) is 0 Å². The highest BCUT2D eigenvalue weighted by Crippen LogP contribution is 2.50. The molecule has 228 valence electrons. The van der Waals surface area contributed by atoms with Crippen LogP contribution < -0.4 is 0 Å². The lowest BCUT2D eigenvalue weighted by atomic mass is 9.84. The number of fused-ring (bicyclic) bond motifs is 10. The average Bonchev–Trinajstić information content (AvgIpc) is 3.88. The number of thiophene rings is 1. The number of hydrogen-bond donors (Lipinski definition) is 0. The molecule has 0 aliphatic carbocycles. The second-order valence-electron chi connectivity index (χ2n) is 12.7. The smallest absolute Gasteiger partial charge is 0.178 e. The van der Waals surface area contributed by atoms with Gasteiger partial charge in [0.25, 0.3) is 0 Å². The summed E-state index contributed by atoms with van der Waals surface area (Å²) in [5.74, 6) is 0.825. The molecular formula is C46H26O2S. The van der Waals surface area contributed by atoms with Crippen LogP contribution in [0.25, 0.3) is 108 Å². The maximum Gasteiger partial charge on any atom is 0.178 e. The molecule has 0 fully saturated rings. The topological polar surface area (TPSA) is 26.3 Å². The Hall–Kier alpha value is -6.16. The van der Waals surface area contributed by atoms with Crippen LogP contribution in [0.2, 0.25) is 0 Å². The molecule has 0 amide bonds. The summed E-state index contributed by atoms with van der Waals surface area (Å²) < 4.78 is 15.9. The Kier molecular flexibility index (Phi) is 5.57. The summed E-state index contributed by atoms with van der Waals surface area (Å²) in [6.07, 6.45) is 0. The highest BCUT2D eigenvalue weighted by molar-refractivity contribution is 7.25. The molecule has 3 heteroatoms. The molecule has 0 bridgehead atoms. The normalized spacial score (nSPS) is 12.1. The predicted octanol–water partition coefficient (Wildman–Crippen LogP) is 14.0. The van der Waals surface area contributed by atoms with Crippen LogP contribution in [-0.2, 0) is 0 Å². The fourth-order valence-corrected chi connectivity index (χ4v) is 9.13. The van der Waals surface area contributed by atoms with Crippen LogP contribution in [0.1, 0.15) is 0 Å². The van der Waals surface area contributed by atoms with Gasteiger partial charge in [-0.2, -0.15) is 0 Å². The van der Waals surface area contributed by atoms with E-state index in [1.165, 1.54) is 58.4 Å². The van der Waals surface area contributed by atoms with Gasteiger partial charge >= 0.3 is 0 Å². The van der Waals surface area contributed by atoms with Crippen molar-refractivity contribution in [1.29, 1.82) is 0 Å². The molecular weight excluding hydrogens is 617 g/mol. The number of para-hydroxylation sites is 1. The molecule has 11 rings (SSSR count). The number of hydrogen-bond acceptors (Lipinski definition) is 3. The van der Waals surface area contributed by atoms with E-state index >= 15 is 0 Å². The van der Waals surface area contributed by atoms with Crippen molar-refractivity contribution in [3.63, 3.8) is 0 Å². The minimum atomic E-state index is 0.773. The lowest BCUT2D eigenvalue weighted by molar-refractivity contribution is 0.611. The fraction of sp³-hybridized carbons (Fsp3) is 0. The number of rotatable bonds is 3. The monoisotopic (exact) mass is 642 g/mol. The Morgan fingerprint density at radius 3 is 1.67 bits per heavy atom. The van der Waals surface area contributed by atoms with Crippen LogP contribution in [0.4, 0.5) is 0 Å². The van der Waals surface area contributed by atoms with E-state index in [0.717, 1.165) is 49.8 Å². The minimum Gasteiger partial charge on any atom is -0.452 e. The number of benzene rings is 8. The molecule has 3 aromatic heterocycles. The van der Waals surface area contributed by atoms with Gasteiger partial charge in [0.2, 0.25) is 0 Å². The molecule has 3 heterocycles. The van der Waals surface area contributed by atoms with Crippen LogP contribution in [0.3, 0.4) is 0 Å². The summed E-state index contributed by atoms with van der Waals surface area (Å²) in [5, 5.41) is 10.7. The van der Waals surface area contributed by atoms with Crippen molar-refractivity contribution in [3.05, 3.63) is 158 Å². The molecule has 0 saturated carbocycles. The van der Waals surface area contributed by atoms with Crippen molar-refractivity contribution in [1.82, 2.24) is 0 Å². The maximum atomic E-state index is 6.76. The second-order valence-corrected chi connectivity index (χ2v) is 13.8. The Morgan fingerprint density at radius 1 is 0.367 bits per heavy atom. The van der Waals surface area contributed by atoms with Gasteiger partial charge in [0.05, 0.1) is 0 Å². The highest BCUT2D eigenvalue weighted by Gasteiger charge is 2.24. The maximum absolute atomic E-state index is 6.76. The molecule has 0 saturated heterocycles. The van der Waals surface area contributed by atoms with Gasteiger partial charge in [-0.3, -0.25) is 0 Å². The first kappa shape index (κ1) is 26.9. The third kappa shape index (κ3) is 3.82. The van der Waals surface area contributed by atoms with E-state index in [9.17, 15) is 0 Å². The zero-order valence-corrected chi connectivity index (χ0v) is 27.1. The summed E-state index contributed by atoms with van der Waals surface area (Å²) in [6, 6.07) is 56.5. The van der Waals surface area contributed by atoms with E-state index in [-0.39, 0.29) is 0 Å². The first-order valence-electron chi connectivity index (χ1n) is 16.6. The summed E-state index contributed by atoms with van der Waals surface area (Å²) in [7, 11) is 0. The zero-order valence-electron chi connectivity index (χ0n) is 26.2. The van der Waals surface area contributed by atoms with E-state index in [1.807, 2.05) is 29.5 Å². The van der Waals surface area contributed by atoms with Crippen LogP contribution in [-0.4, -0.2) is 0 Å². The first-order valence-corrected chi connectivity index (χ1v) is 17.4. The summed E-state index contributed by atoms with van der Waals surface area (Å²) in [5.41, 5.74) is 8.33. The third-order valence-electron chi connectivity index (χ3n) is 10.1. The Labute approximate surface area is 285 Å². The molecule has 2 nitrogen and oxygen atoms in total. The van der Waals surface area contributed by atoms with E-state index in [2.05, 4.69) is 140 Å². The Morgan fingerprint density at radius 2 is 0.939 bits per heavy atom. The summed E-state index contributed by atoms with van der Waals surface area (Å²) in [4.78, 5) is 0.